The van der Waals surface area contributed by atoms with Crippen molar-refractivity contribution >= 4 is 0 Å². The van der Waals surface area contributed by atoms with E-state index in [0.717, 1.165) is 22.5 Å². The predicted molar refractivity (Wildman–Crippen MR) is 67.5 cm³/mol. The molecule has 2 aromatic heterocycles. The zero-order valence-corrected chi connectivity index (χ0v) is 10.3. The van der Waals surface area contributed by atoms with Crippen LogP contribution in [-0.4, -0.2) is 9.55 Å². The van der Waals surface area contributed by atoms with E-state index in [4.69, 9.17) is 5.26 Å². The van der Waals surface area contributed by atoms with Crippen LogP contribution in [0.15, 0.2) is 30.6 Å². The summed E-state index contributed by atoms with van der Waals surface area (Å²) in [6, 6.07) is 8.43. The maximum absolute atomic E-state index is 9.11. The third kappa shape index (κ3) is 1.94. The Balaban J connectivity index is 2.66. The van der Waals surface area contributed by atoms with Crippen molar-refractivity contribution in [1.82, 2.24) is 9.55 Å². The second-order valence-electron chi connectivity index (χ2n) is 4.35. The van der Waals surface area contributed by atoms with Crippen LogP contribution in [0.2, 0.25) is 0 Å². The largest absolute Gasteiger partial charge is 0.341 e. The molecule has 0 aromatic carbocycles. The van der Waals surface area contributed by atoms with Gasteiger partial charge in [0.25, 0.3) is 0 Å². The summed E-state index contributed by atoms with van der Waals surface area (Å²) >= 11 is 0. The molecule has 0 atom stereocenters. The van der Waals surface area contributed by atoms with Crippen molar-refractivity contribution in [3.05, 3.63) is 41.9 Å². The fourth-order valence-corrected chi connectivity index (χ4v) is 2.14. The molecule has 0 aliphatic carbocycles. The maximum Gasteiger partial charge on any atom is 0.101 e. The lowest BCUT2D eigenvalue weighted by Crippen LogP contribution is -2.05. The first kappa shape index (κ1) is 11.4. The van der Waals surface area contributed by atoms with Crippen LogP contribution in [-0.2, 0) is 0 Å². The Bertz CT molecular complexity index is 559. The van der Waals surface area contributed by atoms with Gasteiger partial charge in [0.2, 0.25) is 0 Å². The number of aromatic nitrogens is 2. The molecular formula is C14H15N3. The SMILES string of the molecule is Cc1c(C#N)cc(-c2cccnc2)n1C(C)C. The van der Waals surface area contributed by atoms with Crippen LogP contribution < -0.4 is 0 Å². The Labute approximate surface area is 101 Å². The molecule has 0 fully saturated rings. The van der Waals surface area contributed by atoms with E-state index in [1.54, 1.807) is 6.20 Å². The first-order valence-corrected chi connectivity index (χ1v) is 5.67. The number of pyridine rings is 1. The summed E-state index contributed by atoms with van der Waals surface area (Å²) in [5.41, 5.74) is 3.85. The van der Waals surface area contributed by atoms with Gasteiger partial charge in [0.05, 0.1) is 11.3 Å². The lowest BCUT2D eigenvalue weighted by atomic mass is 10.2. The molecule has 0 amide bonds. The average Bonchev–Trinajstić information content (AvgIpc) is 2.67. The highest BCUT2D eigenvalue weighted by atomic mass is 15.0. The monoisotopic (exact) mass is 225 g/mol. The number of nitriles is 1. The smallest absolute Gasteiger partial charge is 0.101 e. The van der Waals surface area contributed by atoms with Gasteiger partial charge >= 0.3 is 0 Å². The van der Waals surface area contributed by atoms with E-state index >= 15 is 0 Å². The van der Waals surface area contributed by atoms with E-state index in [2.05, 4.69) is 29.5 Å². The lowest BCUT2D eigenvalue weighted by molar-refractivity contribution is 0.594. The summed E-state index contributed by atoms with van der Waals surface area (Å²) in [6.45, 7) is 6.22. The maximum atomic E-state index is 9.11. The van der Waals surface area contributed by atoms with Gasteiger partial charge in [-0.2, -0.15) is 5.26 Å². The van der Waals surface area contributed by atoms with Crippen LogP contribution in [0.4, 0.5) is 0 Å². The zero-order chi connectivity index (χ0) is 12.4. The molecule has 0 spiro atoms. The summed E-state index contributed by atoms with van der Waals surface area (Å²) in [5, 5.41) is 9.11. The van der Waals surface area contributed by atoms with E-state index in [9.17, 15) is 0 Å². The molecule has 86 valence electrons. The fourth-order valence-electron chi connectivity index (χ4n) is 2.14. The molecule has 2 aromatic rings. The third-order valence-corrected chi connectivity index (χ3v) is 2.89. The first-order valence-electron chi connectivity index (χ1n) is 5.67. The van der Waals surface area contributed by atoms with Gasteiger partial charge < -0.3 is 4.57 Å². The third-order valence-electron chi connectivity index (χ3n) is 2.89. The summed E-state index contributed by atoms with van der Waals surface area (Å²) < 4.78 is 2.18. The summed E-state index contributed by atoms with van der Waals surface area (Å²) in [7, 11) is 0. The van der Waals surface area contributed by atoms with Gasteiger partial charge in [-0.15, -0.1) is 0 Å². The Kier molecular flexibility index (Phi) is 2.97. The van der Waals surface area contributed by atoms with E-state index in [1.165, 1.54) is 0 Å². The standard InChI is InChI=1S/C14H15N3/c1-10(2)17-11(3)13(8-15)7-14(17)12-5-4-6-16-9-12/h4-7,9-10H,1-3H3. The van der Waals surface area contributed by atoms with Crippen molar-refractivity contribution in [3.63, 3.8) is 0 Å². The summed E-state index contributed by atoms with van der Waals surface area (Å²) in [5.74, 6) is 0. The van der Waals surface area contributed by atoms with Crippen molar-refractivity contribution in [1.29, 1.82) is 5.26 Å². The minimum absolute atomic E-state index is 0.326. The molecule has 3 heteroatoms. The van der Waals surface area contributed by atoms with Crippen molar-refractivity contribution in [2.24, 2.45) is 0 Å². The number of hydrogen-bond acceptors (Lipinski definition) is 2. The van der Waals surface area contributed by atoms with E-state index in [1.807, 2.05) is 31.3 Å². The molecule has 0 aliphatic rings. The average molecular weight is 225 g/mol. The second kappa shape index (κ2) is 4.42. The van der Waals surface area contributed by atoms with Crippen LogP contribution in [0.25, 0.3) is 11.3 Å². The second-order valence-corrected chi connectivity index (χ2v) is 4.35. The van der Waals surface area contributed by atoms with Crippen molar-refractivity contribution in [2.75, 3.05) is 0 Å². The molecule has 2 heterocycles. The highest BCUT2D eigenvalue weighted by Crippen LogP contribution is 2.28. The van der Waals surface area contributed by atoms with Gasteiger partial charge in [0.15, 0.2) is 0 Å². The molecular weight excluding hydrogens is 210 g/mol. The van der Waals surface area contributed by atoms with Crippen molar-refractivity contribution in [2.45, 2.75) is 26.8 Å². The highest BCUT2D eigenvalue weighted by Gasteiger charge is 2.14. The molecule has 3 nitrogen and oxygen atoms in total. The van der Waals surface area contributed by atoms with Gasteiger partial charge in [-0.1, -0.05) is 0 Å². The van der Waals surface area contributed by atoms with Crippen LogP contribution in [0.3, 0.4) is 0 Å². The van der Waals surface area contributed by atoms with Gasteiger partial charge in [0, 0.05) is 29.7 Å². The van der Waals surface area contributed by atoms with E-state index in [-0.39, 0.29) is 0 Å². The van der Waals surface area contributed by atoms with Crippen LogP contribution in [0.5, 0.6) is 0 Å². The number of rotatable bonds is 2. The molecule has 0 bridgehead atoms. The molecule has 0 aliphatic heterocycles. The zero-order valence-electron chi connectivity index (χ0n) is 10.3. The number of hydrogen-bond donors (Lipinski definition) is 0. The topological polar surface area (TPSA) is 41.6 Å². The molecule has 0 saturated heterocycles. The molecule has 2 rings (SSSR count). The predicted octanol–water partition coefficient (Wildman–Crippen LogP) is 3.31. The van der Waals surface area contributed by atoms with Gasteiger partial charge in [-0.05, 0) is 39.0 Å². The molecule has 0 unspecified atom stereocenters. The molecule has 0 N–H and O–H groups in total. The fraction of sp³-hybridized carbons (Fsp3) is 0.286. The van der Waals surface area contributed by atoms with Gasteiger partial charge in [0.1, 0.15) is 6.07 Å². The summed E-state index contributed by atoms with van der Waals surface area (Å²) in [6.07, 6.45) is 3.58. The minimum atomic E-state index is 0.326. The normalized spacial score (nSPS) is 10.5. The Morgan fingerprint density at radius 3 is 2.71 bits per heavy atom. The Morgan fingerprint density at radius 1 is 1.41 bits per heavy atom. The van der Waals surface area contributed by atoms with Crippen molar-refractivity contribution < 1.29 is 0 Å². The Hall–Kier alpha value is -2.08. The van der Waals surface area contributed by atoms with E-state index < -0.39 is 0 Å². The first-order chi connectivity index (χ1) is 8.15. The minimum Gasteiger partial charge on any atom is -0.341 e. The van der Waals surface area contributed by atoms with Gasteiger partial charge in [-0.25, -0.2) is 0 Å². The molecule has 0 radical (unpaired) electrons. The Morgan fingerprint density at radius 2 is 2.18 bits per heavy atom. The molecule has 0 saturated carbocycles. The quantitative estimate of drug-likeness (QED) is 0.786. The number of nitrogens with zero attached hydrogens (tertiary/aromatic N) is 3. The summed E-state index contributed by atoms with van der Waals surface area (Å²) in [4.78, 5) is 4.13. The van der Waals surface area contributed by atoms with Crippen LogP contribution >= 0.6 is 0 Å². The lowest BCUT2D eigenvalue weighted by Gasteiger charge is -2.15. The van der Waals surface area contributed by atoms with Crippen molar-refractivity contribution in [3.8, 4) is 17.3 Å². The van der Waals surface area contributed by atoms with Crippen LogP contribution in [0.1, 0.15) is 31.1 Å². The van der Waals surface area contributed by atoms with Crippen LogP contribution in [0, 0.1) is 18.3 Å². The highest BCUT2D eigenvalue weighted by molar-refractivity contribution is 5.63. The molecule has 17 heavy (non-hydrogen) atoms. The van der Waals surface area contributed by atoms with Gasteiger partial charge in [-0.3, -0.25) is 4.98 Å². The van der Waals surface area contributed by atoms with E-state index in [0.29, 0.717) is 6.04 Å².